The highest BCUT2D eigenvalue weighted by molar-refractivity contribution is 7.92. The maximum Gasteiger partial charge on any atom is 0.232 e. The molecule has 10 heteroatoms. The second-order valence-electron chi connectivity index (χ2n) is 7.23. The van der Waals surface area contributed by atoms with Gasteiger partial charge in [-0.1, -0.05) is 29.3 Å². The summed E-state index contributed by atoms with van der Waals surface area (Å²) in [7, 11) is -3.55. The average Bonchev–Trinajstić information content (AvgIpc) is 2.72. The summed E-state index contributed by atoms with van der Waals surface area (Å²) < 4.78 is 36.7. The number of rotatable bonds is 8. The van der Waals surface area contributed by atoms with Gasteiger partial charge in [0.25, 0.3) is 0 Å². The molecule has 2 aromatic rings. The molecule has 1 N–H and O–H groups in total. The number of sulfonamides is 1. The topological polar surface area (TPSA) is 84.9 Å². The van der Waals surface area contributed by atoms with Crippen molar-refractivity contribution in [3.05, 3.63) is 52.0 Å². The molecule has 7 nitrogen and oxygen atoms in total. The Bertz CT molecular complexity index is 1060. The van der Waals surface area contributed by atoms with Crippen LogP contribution in [0.5, 0.6) is 11.5 Å². The van der Waals surface area contributed by atoms with Crippen LogP contribution in [-0.4, -0.2) is 40.3 Å². The van der Waals surface area contributed by atoms with Gasteiger partial charge in [0.2, 0.25) is 15.9 Å². The Labute approximate surface area is 192 Å². The molecule has 3 rings (SSSR count). The Balaban J connectivity index is 1.57. The van der Waals surface area contributed by atoms with E-state index >= 15 is 0 Å². The molecule has 0 saturated heterocycles. The summed E-state index contributed by atoms with van der Waals surface area (Å²) in [4.78, 5) is 12.4. The fraction of sp³-hybridized carbons (Fsp3) is 0.381. The molecule has 1 aliphatic heterocycles. The van der Waals surface area contributed by atoms with Crippen molar-refractivity contribution in [1.29, 1.82) is 0 Å². The molecule has 1 atom stereocenters. The lowest BCUT2D eigenvalue weighted by Crippen LogP contribution is -2.32. The zero-order valence-electron chi connectivity index (χ0n) is 17.2. The predicted molar refractivity (Wildman–Crippen MR) is 122 cm³/mol. The molecule has 0 aliphatic carbocycles. The molecule has 0 bridgehead atoms. The number of amides is 1. The van der Waals surface area contributed by atoms with E-state index < -0.39 is 10.0 Å². The summed E-state index contributed by atoms with van der Waals surface area (Å²) in [5.74, 6) is 1.18. The first-order valence-electron chi connectivity index (χ1n) is 9.77. The van der Waals surface area contributed by atoms with Crippen LogP contribution in [0.3, 0.4) is 0 Å². The van der Waals surface area contributed by atoms with E-state index in [-0.39, 0.29) is 29.9 Å². The number of carbonyl (C=O) groups is 1. The van der Waals surface area contributed by atoms with Gasteiger partial charge < -0.3 is 14.8 Å². The quantitative estimate of drug-likeness (QED) is 0.604. The van der Waals surface area contributed by atoms with E-state index in [0.29, 0.717) is 41.8 Å². The highest BCUT2D eigenvalue weighted by atomic mass is 35.5. The summed E-state index contributed by atoms with van der Waals surface area (Å²) in [6, 6.07) is 9.95. The molecule has 1 aliphatic rings. The van der Waals surface area contributed by atoms with Gasteiger partial charge in [0.05, 0.1) is 28.0 Å². The highest BCUT2D eigenvalue weighted by Gasteiger charge is 2.20. The molecule has 1 heterocycles. The largest absolute Gasteiger partial charge is 0.486 e. The van der Waals surface area contributed by atoms with E-state index in [4.69, 9.17) is 32.7 Å². The van der Waals surface area contributed by atoms with Gasteiger partial charge in [-0.25, -0.2) is 8.42 Å². The second kappa shape index (κ2) is 9.97. The number of carbonyl (C=O) groups excluding carboxylic acids is 1. The van der Waals surface area contributed by atoms with Gasteiger partial charge in [-0.3, -0.25) is 9.10 Å². The Morgan fingerprint density at radius 1 is 1.10 bits per heavy atom. The van der Waals surface area contributed by atoms with E-state index in [2.05, 4.69) is 5.32 Å². The number of hydrogen-bond acceptors (Lipinski definition) is 5. The number of benzene rings is 2. The molecule has 2 aromatic carbocycles. The van der Waals surface area contributed by atoms with Crippen molar-refractivity contribution in [2.24, 2.45) is 0 Å². The molecule has 0 aromatic heterocycles. The van der Waals surface area contributed by atoms with Crippen LogP contribution in [0.25, 0.3) is 0 Å². The van der Waals surface area contributed by atoms with E-state index in [1.165, 1.54) is 10.4 Å². The zero-order valence-corrected chi connectivity index (χ0v) is 19.6. The molecule has 0 unspecified atom stereocenters. The Morgan fingerprint density at radius 3 is 2.48 bits per heavy atom. The van der Waals surface area contributed by atoms with Gasteiger partial charge in [0, 0.05) is 13.0 Å². The highest BCUT2D eigenvalue weighted by Crippen LogP contribution is 2.32. The molecule has 31 heavy (non-hydrogen) atoms. The van der Waals surface area contributed by atoms with Crippen LogP contribution in [0.15, 0.2) is 36.4 Å². The maximum atomic E-state index is 12.4. The molecule has 0 fully saturated rings. The minimum Gasteiger partial charge on any atom is -0.486 e. The van der Waals surface area contributed by atoms with Gasteiger partial charge in [-0.2, -0.15) is 0 Å². The maximum absolute atomic E-state index is 12.4. The molecular formula is C21H24Cl2N2O5S. The third-order valence-electron chi connectivity index (χ3n) is 4.80. The van der Waals surface area contributed by atoms with Crippen molar-refractivity contribution in [3.63, 3.8) is 0 Å². The average molecular weight is 487 g/mol. The minimum atomic E-state index is -3.55. The zero-order chi connectivity index (χ0) is 22.6. The summed E-state index contributed by atoms with van der Waals surface area (Å²) in [5.41, 5.74) is 1.30. The van der Waals surface area contributed by atoms with Crippen molar-refractivity contribution >= 4 is 44.8 Å². The summed E-state index contributed by atoms with van der Waals surface area (Å²) in [6.45, 7) is 3.03. The van der Waals surface area contributed by atoms with Gasteiger partial charge in [-0.05, 0) is 49.2 Å². The number of fused-ring (bicyclic) bond motifs is 1. The fourth-order valence-electron chi connectivity index (χ4n) is 3.24. The summed E-state index contributed by atoms with van der Waals surface area (Å²) in [5, 5.41) is 3.53. The number of anilines is 1. The van der Waals surface area contributed by atoms with Gasteiger partial charge in [0.15, 0.2) is 11.5 Å². The molecule has 168 valence electrons. The lowest BCUT2D eigenvalue weighted by molar-refractivity contribution is -0.121. The van der Waals surface area contributed by atoms with Crippen LogP contribution in [0, 0.1) is 0 Å². The number of hydrogen-bond donors (Lipinski definition) is 1. The molecule has 0 radical (unpaired) electrons. The lowest BCUT2D eigenvalue weighted by atomic mass is 10.1. The van der Waals surface area contributed by atoms with Crippen LogP contribution < -0.4 is 19.1 Å². The fourth-order valence-corrected chi connectivity index (χ4v) is 4.49. The van der Waals surface area contributed by atoms with E-state index in [1.807, 2.05) is 25.1 Å². The summed E-state index contributed by atoms with van der Waals surface area (Å²) >= 11 is 11.9. The predicted octanol–water partition coefficient (Wildman–Crippen LogP) is 4.19. The third kappa shape index (κ3) is 6.18. The first-order chi connectivity index (χ1) is 14.6. The Morgan fingerprint density at radius 2 is 1.81 bits per heavy atom. The van der Waals surface area contributed by atoms with Gasteiger partial charge in [0.1, 0.15) is 13.2 Å². The second-order valence-corrected chi connectivity index (χ2v) is 9.95. The number of nitrogens with one attached hydrogen (secondary N) is 1. The number of ether oxygens (including phenoxy) is 2. The SMILES string of the molecule is C[C@H](NC(=O)CCCN(c1ccc(Cl)c(Cl)c1)S(C)(=O)=O)c1ccc2c(c1)OCCO2. The number of nitrogens with zero attached hydrogens (tertiary/aromatic N) is 1. The van der Waals surface area contributed by atoms with E-state index in [0.717, 1.165) is 11.8 Å². The normalized spacial score (nSPS) is 14.1. The summed E-state index contributed by atoms with van der Waals surface area (Å²) in [6.07, 6.45) is 1.62. The van der Waals surface area contributed by atoms with Crippen molar-refractivity contribution in [3.8, 4) is 11.5 Å². The van der Waals surface area contributed by atoms with Gasteiger partial charge >= 0.3 is 0 Å². The first-order valence-corrected chi connectivity index (χ1v) is 12.4. The lowest BCUT2D eigenvalue weighted by Gasteiger charge is -2.23. The molecule has 0 saturated carbocycles. The first kappa shape index (κ1) is 23.5. The van der Waals surface area contributed by atoms with Crippen molar-refractivity contribution in [2.45, 2.75) is 25.8 Å². The molecule has 1 amide bonds. The van der Waals surface area contributed by atoms with E-state index in [1.54, 1.807) is 12.1 Å². The smallest absolute Gasteiger partial charge is 0.232 e. The van der Waals surface area contributed by atoms with Crippen molar-refractivity contribution < 1.29 is 22.7 Å². The number of halogens is 2. The standard InChI is InChI=1S/C21H24Cl2N2O5S/c1-14(15-5-8-19-20(12-15)30-11-10-29-19)24-21(26)4-3-9-25(31(2,27)28)16-6-7-17(22)18(23)13-16/h5-8,12-14H,3-4,9-11H2,1-2H3,(H,24,26)/t14-/m0/s1. The van der Waals surface area contributed by atoms with Crippen LogP contribution in [0.1, 0.15) is 31.4 Å². The molecular weight excluding hydrogens is 463 g/mol. The van der Waals surface area contributed by atoms with Crippen LogP contribution in [-0.2, 0) is 14.8 Å². The Kier molecular flexibility index (Phi) is 7.56. The van der Waals surface area contributed by atoms with Crippen LogP contribution >= 0.6 is 23.2 Å². The third-order valence-corrected chi connectivity index (χ3v) is 6.73. The van der Waals surface area contributed by atoms with Gasteiger partial charge in [-0.15, -0.1) is 0 Å². The minimum absolute atomic E-state index is 0.141. The van der Waals surface area contributed by atoms with Crippen molar-refractivity contribution in [1.82, 2.24) is 5.32 Å². The van der Waals surface area contributed by atoms with Crippen LogP contribution in [0.2, 0.25) is 10.0 Å². The van der Waals surface area contributed by atoms with E-state index in [9.17, 15) is 13.2 Å². The Hall–Kier alpha value is -2.16. The van der Waals surface area contributed by atoms with Crippen molar-refractivity contribution in [2.75, 3.05) is 30.3 Å². The monoisotopic (exact) mass is 486 g/mol. The molecule has 0 spiro atoms. The van der Waals surface area contributed by atoms with Crippen LogP contribution in [0.4, 0.5) is 5.69 Å².